The normalized spacial score (nSPS) is 26.1. The number of methoxy groups -OCH3 is 1. The summed E-state index contributed by atoms with van der Waals surface area (Å²) >= 11 is 0. The van der Waals surface area contributed by atoms with Gasteiger partial charge in [0, 0.05) is 19.0 Å². The van der Waals surface area contributed by atoms with E-state index in [1.165, 1.54) is 77.7 Å². The van der Waals surface area contributed by atoms with E-state index in [0.717, 1.165) is 12.8 Å². The largest absolute Gasteiger partial charge is 0.469 e. The quantitative estimate of drug-likeness (QED) is 0.699. The molecule has 1 atom stereocenters. The third kappa shape index (κ3) is 6.10. The smallest absolute Gasteiger partial charge is 0.310 e. The maximum atomic E-state index is 12.4. The van der Waals surface area contributed by atoms with Gasteiger partial charge in [0.25, 0.3) is 0 Å². The molecule has 138 valence electrons. The molecule has 1 aliphatic carbocycles. The summed E-state index contributed by atoms with van der Waals surface area (Å²) in [5, 5.41) is 0. The number of esters is 1. The number of hydrogen-bond acceptors (Lipinski definition) is 3. The molecule has 24 heavy (non-hydrogen) atoms. The predicted molar refractivity (Wildman–Crippen MR) is 95.6 cm³/mol. The zero-order valence-electron chi connectivity index (χ0n) is 15.4. The lowest BCUT2D eigenvalue weighted by atomic mass is 9.97. The molecule has 2 rings (SSSR count). The van der Waals surface area contributed by atoms with E-state index in [4.69, 9.17) is 4.74 Å². The van der Waals surface area contributed by atoms with E-state index in [0.29, 0.717) is 19.0 Å². The maximum absolute atomic E-state index is 12.4. The summed E-state index contributed by atoms with van der Waals surface area (Å²) in [4.78, 5) is 26.2. The van der Waals surface area contributed by atoms with Crippen molar-refractivity contribution in [1.29, 1.82) is 0 Å². The van der Waals surface area contributed by atoms with E-state index in [1.807, 2.05) is 4.90 Å². The fourth-order valence-electron chi connectivity index (χ4n) is 4.22. The lowest BCUT2D eigenvalue weighted by Crippen LogP contribution is -2.37. The molecular weight excluding hydrogens is 302 g/mol. The molecule has 1 aliphatic heterocycles. The minimum absolute atomic E-state index is 0.150. The van der Waals surface area contributed by atoms with Crippen molar-refractivity contribution < 1.29 is 14.3 Å². The second-order valence-electron chi connectivity index (χ2n) is 7.59. The number of rotatable bonds is 2. The highest BCUT2D eigenvalue weighted by atomic mass is 16.5. The van der Waals surface area contributed by atoms with Gasteiger partial charge in [0.2, 0.25) is 5.91 Å². The summed E-state index contributed by atoms with van der Waals surface area (Å²) in [6.07, 6.45) is 17.0. The standard InChI is InChI=1S/C20H35NO3/c1-24-20(23)17-15-19(22)21(16-17)18-13-11-9-7-5-3-2-4-6-8-10-12-14-18/h17-18H,2-16H2,1H3. The summed E-state index contributed by atoms with van der Waals surface area (Å²) in [5.74, 6) is -0.334. The monoisotopic (exact) mass is 337 g/mol. The van der Waals surface area contributed by atoms with Crippen molar-refractivity contribution in [1.82, 2.24) is 4.90 Å². The Labute approximate surface area is 147 Å². The molecule has 1 saturated heterocycles. The molecule has 0 aromatic carbocycles. The molecule has 2 aliphatic rings. The zero-order valence-corrected chi connectivity index (χ0v) is 15.4. The van der Waals surface area contributed by atoms with Gasteiger partial charge in [-0.3, -0.25) is 9.59 Å². The number of nitrogens with zero attached hydrogens (tertiary/aromatic N) is 1. The number of carbonyl (C=O) groups is 2. The highest BCUT2D eigenvalue weighted by molar-refractivity contribution is 5.86. The van der Waals surface area contributed by atoms with Gasteiger partial charge in [0.05, 0.1) is 13.0 Å². The van der Waals surface area contributed by atoms with Crippen LogP contribution in [-0.4, -0.2) is 36.5 Å². The lowest BCUT2D eigenvalue weighted by molar-refractivity contribution is -0.145. The molecule has 0 spiro atoms. The van der Waals surface area contributed by atoms with E-state index in [-0.39, 0.29) is 17.8 Å². The minimum Gasteiger partial charge on any atom is -0.469 e. The van der Waals surface area contributed by atoms with Gasteiger partial charge in [0.15, 0.2) is 0 Å². The number of amides is 1. The molecule has 0 bridgehead atoms. The Hall–Kier alpha value is -1.06. The van der Waals surface area contributed by atoms with Crippen molar-refractivity contribution in [2.45, 2.75) is 95.9 Å². The lowest BCUT2D eigenvalue weighted by Gasteiger charge is -2.28. The molecule has 4 heteroatoms. The molecule has 2 fully saturated rings. The number of ether oxygens (including phenoxy) is 1. The van der Waals surface area contributed by atoms with Gasteiger partial charge in [-0.05, 0) is 12.8 Å². The Morgan fingerprint density at radius 2 is 1.33 bits per heavy atom. The van der Waals surface area contributed by atoms with E-state index in [1.54, 1.807) is 0 Å². The van der Waals surface area contributed by atoms with Gasteiger partial charge >= 0.3 is 5.97 Å². The zero-order chi connectivity index (χ0) is 17.2. The van der Waals surface area contributed by atoms with Crippen LogP contribution in [0.15, 0.2) is 0 Å². The van der Waals surface area contributed by atoms with Crippen molar-refractivity contribution in [3.8, 4) is 0 Å². The van der Waals surface area contributed by atoms with Crippen LogP contribution in [0.4, 0.5) is 0 Å². The van der Waals surface area contributed by atoms with Gasteiger partial charge in [-0.15, -0.1) is 0 Å². The molecule has 1 amide bonds. The van der Waals surface area contributed by atoms with Gasteiger partial charge in [-0.2, -0.15) is 0 Å². The fraction of sp³-hybridized carbons (Fsp3) is 0.900. The highest BCUT2D eigenvalue weighted by Crippen LogP contribution is 2.27. The number of likely N-dealkylation sites (tertiary alicyclic amines) is 1. The van der Waals surface area contributed by atoms with Crippen LogP contribution in [-0.2, 0) is 14.3 Å². The second kappa shape index (κ2) is 10.7. The van der Waals surface area contributed by atoms with E-state index < -0.39 is 0 Å². The molecule has 4 nitrogen and oxygen atoms in total. The molecule has 0 radical (unpaired) electrons. The third-order valence-corrected chi connectivity index (χ3v) is 5.71. The molecular formula is C20H35NO3. The summed E-state index contributed by atoms with van der Waals surface area (Å²) in [5.41, 5.74) is 0. The van der Waals surface area contributed by atoms with Crippen molar-refractivity contribution in [3.05, 3.63) is 0 Å². The summed E-state index contributed by atoms with van der Waals surface area (Å²) in [7, 11) is 1.41. The van der Waals surface area contributed by atoms with Crippen LogP contribution in [0.3, 0.4) is 0 Å². The Morgan fingerprint density at radius 3 is 1.79 bits per heavy atom. The van der Waals surface area contributed by atoms with Crippen LogP contribution in [0, 0.1) is 5.92 Å². The van der Waals surface area contributed by atoms with Crippen LogP contribution >= 0.6 is 0 Å². The molecule has 1 heterocycles. The minimum atomic E-state index is -0.254. The van der Waals surface area contributed by atoms with E-state index in [9.17, 15) is 9.59 Å². The second-order valence-corrected chi connectivity index (χ2v) is 7.59. The average molecular weight is 338 g/mol. The fourth-order valence-corrected chi connectivity index (χ4v) is 4.22. The van der Waals surface area contributed by atoms with Crippen LogP contribution in [0.2, 0.25) is 0 Å². The van der Waals surface area contributed by atoms with Crippen molar-refractivity contribution >= 4 is 11.9 Å². The average Bonchev–Trinajstić information content (AvgIpc) is 2.97. The number of carbonyl (C=O) groups excluding carboxylic acids is 2. The Kier molecular flexibility index (Phi) is 8.62. The Bertz CT molecular complexity index is 382. The number of hydrogen-bond donors (Lipinski definition) is 0. The molecule has 1 unspecified atom stereocenters. The summed E-state index contributed by atoms with van der Waals surface area (Å²) in [6, 6.07) is 0.329. The first-order valence-corrected chi connectivity index (χ1v) is 10.1. The maximum Gasteiger partial charge on any atom is 0.310 e. The van der Waals surface area contributed by atoms with Crippen molar-refractivity contribution in [3.63, 3.8) is 0 Å². The Balaban J connectivity index is 1.88. The first-order chi connectivity index (χ1) is 11.7. The van der Waals surface area contributed by atoms with Gasteiger partial charge < -0.3 is 9.64 Å². The molecule has 0 aromatic heterocycles. The first-order valence-electron chi connectivity index (χ1n) is 10.1. The first kappa shape index (κ1) is 19.3. The van der Waals surface area contributed by atoms with Crippen LogP contribution < -0.4 is 0 Å². The topological polar surface area (TPSA) is 46.6 Å². The summed E-state index contributed by atoms with van der Waals surface area (Å²) in [6.45, 7) is 0.566. The Morgan fingerprint density at radius 1 is 0.875 bits per heavy atom. The van der Waals surface area contributed by atoms with Gasteiger partial charge in [-0.1, -0.05) is 70.6 Å². The third-order valence-electron chi connectivity index (χ3n) is 5.71. The van der Waals surface area contributed by atoms with Crippen molar-refractivity contribution in [2.75, 3.05) is 13.7 Å². The van der Waals surface area contributed by atoms with E-state index in [2.05, 4.69) is 0 Å². The SMILES string of the molecule is COC(=O)C1CC(=O)N(C2CCCCCCCCCCCCC2)C1. The molecule has 0 aromatic rings. The molecule has 1 saturated carbocycles. The van der Waals surface area contributed by atoms with Crippen molar-refractivity contribution in [2.24, 2.45) is 5.92 Å². The van der Waals surface area contributed by atoms with Crippen LogP contribution in [0.25, 0.3) is 0 Å². The highest BCUT2D eigenvalue weighted by Gasteiger charge is 2.38. The predicted octanol–water partition coefficient (Wildman–Crippen LogP) is 4.46. The van der Waals surface area contributed by atoms with E-state index >= 15 is 0 Å². The van der Waals surface area contributed by atoms with Crippen LogP contribution in [0.1, 0.15) is 89.9 Å². The summed E-state index contributed by atoms with van der Waals surface area (Å²) < 4.78 is 4.84. The molecule has 0 N–H and O–H groups in total. The van der Waals surface area contributed by atoms with Crippen LogP contribution in [0.5, 0.6) is 0 Å². The van der Waals surface area contributed by atoms with Gasteiger partial charge in [-0.25, -0.2) is 0 Å². The van der Waals surface area contributed by atoms with Gasteiger partial charge in [0.1, 0.15) is 0 Å².